The number of fused-ring (bicyclic) bond motifs is 1. The molecular formula is C33H35F3N6O5. The molecule has 1 fully saturated rings. The van der Waals surface area contributed by atoms with E-state index in [1.165, 1.54) is 30.3 Å². The molecule has 0 spiro atoms. The van der Waals surface area contributed by atoms with E-state index in [0.717, 1.165) is 12.1 Å². The van der Waals surface area contributed by atoms with Gasteiger partial charge in [0, 0.05) is 24.1 Å². The molecule has 1 aromatic carbocycles. The summed E-state index contributed by atoms with van der Waals surface area (Å²) in [4.78, 5) is 52.5. The van der Waals surface area contributed by atoms with Crippen molar-refractivity contribution in [2.45, 2.75) is 77.7 Å². The van der Waals surface area contributed by atoms with Crippen LogP contribution in [-0.4, -0.2) is 55.7 Å². The van der Waals surface area contributed by atoms with Crippen LogP contribution < -0.4 is 15.4 Å². The Morgan fingerprint density at radius 3 is 2.49 bits per heavy atom. The van der Waals surface area contributed by atoms with Gasteiger partial charge in [0.2, 0.25) is 17.7 Å². The molecule has 2 atom stereocenters. The molecule has 1 aromatic heterocycles. The van der Waals surface area contributed by atoms with Crippen molar-refractivity contribution < 1.29 is 37.0 Å². The Bertz CT molecular complexity index is 1740. The third-order valence-electron chi connectivity index (χ3n) is 7.66. The van der Waals surface area contributed by atoms with E-state index < -0.39 is 46.8 Å². The summed E-state index contributed by atoms with van der Waals surface area (Å²) in [5, 5.41) is 5.27. The van der Waals surface area contributed by atoms with Crippen LogP contribution in [0.4, 0.5) is 23.7 Å². The lowest BCUT2D eigenvalue weighted by atomic mass is 9.97. The van der Waals surface area contributed by atoms with Crippen molar-refractivity contribution in [3.63, 3.8) is 0 Å². The molecule has 14 heteroatoms. The highest BCUT2D eigenvalue weighted by atomic mass is 19.4. The summed E-state index contributed by atoms with van der Waals surface area (Å²) in [6, 6.07) is 3.38. The Labute approximate surface area is 269 Å². The smallest absolute Gasteiger partial charge is 0.416 e. The van der Waals surface area contributed by atoms with Crippen LogP contribution in [0.15, 0.2) is 71.5 Å². The number of likely N-dealkylation sites (tertiary alicyclic amines) is 1. The van der Waals surface area contributed by atoms with Gasteiger partial charge in [-0.1, -0.05) is 12.1 Å². The number of aromatic nitrogens is 2. The van der Waals surface area contributed by atoms with Gasteiger partial charge in [-0.05, 0) is 77.8 Å². The molecule has 3 aliphatic rings. The van der Waals surface area contributed by atoms with Crippen LogP contribution in [0.5, 0.6) is 5.88 Å². The number of rotatable bonds is 6. The molecule has 47 heavy (non-hydrogen) atoms. The number of nitrogens with zero attached hydrogens (tertiary/aromatic N) is 4. The fourth-order valence-corrected chi connectivity index (χ4v) is 5.57. The molecule has 0 radical (unpaired) electrons. The molecule has 1 aliphatic carbocycles. The predicted molar refractivity (Wildman–Crippen MR) is 167 cm³/mol. The van der Waals surface area contributed by atoms with Crippen molar-refractivity contribution in [3.8, 4) is 17.1 Å². The van der Waals surface area contributed by atoms with E-state index in [2.05, 4.69) is 25.6 Å². The van der Waals surface area contributed by atoms with Gasteiger partial charge in [0.25, 0.3) is 0 Å². The van der Waals surface area contributed by atoms with E-state index in [0.29, 0.717) is 23.7 Å². The number of allylic oxidation sites excluding steroid dienone is 4. The monoisotopic (exact) mass is 652 g/mol. The Kier molecular flexibility index (Phi) is 8.73. The van der Waals surface area contributed by atoms with Crippen LogP contribution in [-0.2, 0) is 20.5 Å². The number of amides is 3. The average Bonchev–Trinajstić information content (AvgIpc) is 3.51. The number of halogens is 3. The van der Waals surface area contributed by atoms with E-state index in [1.807, 2.05) is 0 Å². The van der Waals surface area contributed by atoms with E-state index in [9.17, 15) is 27.6 Å². The first-order chi connectivity index (χ1) is 21.9. The molecule has 0 bridgehead atoms. The molecule has 3 heterocycles. The Morgan fingerprint density at radius 1 is 1.06 bits per heavy atom. The summed E-state index contributed by atoms with van der Waals surface area (Å²) >= 11 is 0. The van der Waals surface area contributed by atoms with Crippen molar-refractivity contribution in [1.29, 1.82) is 0 Å². The highest BCUT2D eigenvalue weighted by Crippen LogP contribution is 2.39. The first kappa shape index (κ1) is 33.4. The molecular weight excluding hydrogens is 617 g/mol. The minimum atomic E-state index is -4.69. The van der Waals surface area contributed by atoms with Gasteiger partial charge < -0.3 is 20.1 Å². The maximum absolute atomic E-state index is 13.8. The lowest BCUT2D eigenvalue weighted by molar-refractivity contribution is -0.137. The highest BCUT2D eigenvalue weighted by Gasteiger charge is 2.47. The van der Waals surface area contributed by atoms with Crippen molar-refractivity contribution >= 4 is 29.3 Å². The molecule has 2 unspecified atom stereocenters. The molecule has 11 nitrogen and oxygen atoms in total. The van der Waals surface area contributed by atoms with Crippen LogP contribution in [0.25, 0.3) is 11.3 Å². The maximum atomic E-state index is 13.8. The zero-order valence-electron chi connectivity index (χ0n) is 26.7. The fourth-order valence-electron chi connectivity index (χ4n) is 5.57. The number of aliphatic imine (C=N–C) groups is 1. The van der Waals surface area contributed by atoms with Crippen LogP contribution in [0, 0.1) is 5.92 Å². The van der Waals surface area contributed by atoms with Crippen LogP contribution in [0.3, 0.4) is 0 Å². The van der Waals surface area contributed by atoms with Crippen molar-refractivity contribution in [1.82, 2.24) is 20.2 Å². The highest BCUT2D eigenvalue weighted by molar-refractivity contribution is 6.04. The number of carbonyl (C=O) groups is 3. The van der Waals surface area contributed by atoms with E-state index in [-0.39, 0.29) is 35.2 Å². The first-order valence-corrected chi connectivity index (χ1v) is 14.9. The molecule has 2 N–H and O–H groups in total. The molecule has 1 saturated heterocycles. The van der Waals surface area contributed by atoms with Crippen molar-refractivity contribution in [3.05, 3.63) is 72.0 Å². The molecule has 2 aliphatic heterocycles. The van der Waals surface area contributed by atoms with Crippen LogP contribution >= 0.6 is 0 Å². The Morgan fingerprint density at radius 2 is 1.81 bits per heavy atom. The summed E-state index contributed by atoms with van der Waals surface area (Å²) < 4.78 is 53.1. The van der Waals surface area contributed by atoms with Gasteiger partial charge in [0.1, 0.15) is 29.6 Å². The topological polar surface area (TPSA) is 135 Å². The first-order valence-electron chi connectivity index (χ1n) is 14.9. The molecule has 3 amide bonds. The average molecular weight is 653 g/mol. The van der Waals surface area contributed by atoms with Crippen LogP contribution in [0.2, 0.25) is 0 Å². The number of carbonyl (C=O) groups excluding carboxylic acids is 3. The summed E-state index contributed by atoms with van der Waals surface area (Å²) in [6.07, 6.45) is 3.51. The van der Waals surface area contributed by atoms with Gasteiger partial charge in [-0.15, -0.1) is 0 Å². The number of alkyl halides is 3. The normalized spacial score (nSPS) is 20.1. The molecule has 0 saturated carbocycles. The quantitative estimate of drug-likeness (QED) is 0.382. The number of ether oxygens (including phenoxy) is 2. The lowest BCUT2D eigenvalue weighted by Gasteiger charge is -2.36. The van der Waals surface area contributed by atoms with Crippen molar-refractivity contribution in [2.24, 2.45) is 10.9 Å². The molecule has 248 valence electrons. The third kappa shape index (κ3) is 7.53. The van der Waals surface area contributed by atoms with E-state index >= 15 is 0 Å². The summed E-state index contributed by atoms with van der Waals surface area (Å²) in [5.41, 5.74) is -1.69. The SMILES string of the molecule is CC(=O)NC1=CC2C(Oc3cc(-c4ccc(C(F)(F)F)cc4NC(=O)C4CCC(C)(C)N4C(=O)OC(C)(C)C)ncn3)=CC=CC2=N1. The Hall–Kier alpha value is -5.01. The van der Waals surface area contributed by atoms with Gasteiger partial charge >= 0.3 is 12.3 Å². The molecule has 2 aromatic rings. The predicted octanol–water partition coefficient (Wildman–Crippen LogP) is 6.16. The van der Waals surface area contributed by atoms with Gasteiger partial charge in [0.05, 0.1) is 28.6 Å². The number of hydrogen-bond acceptors (Lipinski definition) is 8. The van der Waals surface area contributed by atoms with Gasteiger partial charge in [-0.25, -0.2) is 19.8 Å². The summed E-state index contributed by atoms with van der Waals surface area (Å²) in [7, 11) is 0. The molecule has 5 rings (SSSR count). The van der Waals surface area contributed by atoms with Crippen LogP contribution in [0.1, 0.15) is 59.9 Å². The minimum Gasteiger partial charge on any atom is -0.444 e. The largest absolute Gasteiger partial charge is 0.444 e. The minimum absolute atomic E-state index is 0.0862. The second-order valence-electron chi connectivity index (χ2n) is 13.0. The standard InChI is InChI=1S/C33H35F3N6O5/c1-18(43)39-27-15-21-22(40-27)8-7-9-26(21)46-28-16-23(37-17-38-28)20-11-10-19(33(34,35)36)14-24(20)41-29(44)25-12-13-32(5,6)42(25)30(45)47-31(2,3)4/h7-11,14-17,21,25H,12-13H2,1-6H3,(H,39,43)(H,41,44). The van der Waals surface area contributed by atoms with Gasteiger partial charge in [-0.3, -0.25) is 14.5 Å². The third-order valence-corrected chi connectivity index (χ3v) is 7.66. The summed E-state index contributed by atoms with van der Waals surface area (Å²) in [5.74, 6) is -0.427. The number of nitrogens with one attached hydrogen (secondary N) is 2. The number of benzene rings is 1. The second-order valence-corrected chi connectivity index (χ2v) is 13.0. The second kappa shape index (κ2) is 12.3. The van der Waals surface area contributed by atoms with E-state index in [1.54, 1.807) is 58.9 Å². The fraction of sp³-hybridized carbons (Fsp3) is 0.394. The Balaban J connectivity index is 1.44. The maximum Gasteiger partial charge on any atom is 0.416 e. The summed E-state index contributed by atoms with van der Waals surface area (Å²) in [6.45, 7) is 10.1. The van der Waals surface area contributed by atoms with Gasteiger partial charge in [-0.2, -0.15) is 13.2 Å². The van der Waals surface area contributed by atoms with Gasteiger partial charge in [0.15, 0.2) is 0 Å². The zero-order chi connectivity index (χ0) is 34.3. The van der Waals surface area contributed by atoms with Crippen molar-refractivity contribution in [2.75, 3.05) is 5.32 Å². The lowest BCUT2D eigenvalue weighted by Crippen LogP contribution is -2.52. The number of hydrogen-bond donors (Lipinski definition) is 2. The van der Waals surface area contributed by atoms with E-state index in [4.69, 9.17) is 9.47 Å². The number of anilines is 1. The zero-order valence-corrected chi connectivity index (χ0v) is 26.7.